The summed E-state index contributed by atoms with van der Waals surface area (Å²) < 4.78 is 5.45. The van der Waals surface area contributed by atoms with Crippen molar-refractivity contribution in [2.45, 2.75) is 19.8 Å². The van der Waals surface area contributed by atoms with Gasteiger partial charge in [-0.25, -0.2) is 0 Å². The van der Waals surface area contributed by atoms with Gasteiger partial charge < -0.3 is 10.3 Å². The van der Waals surface area contributed by atoms with Gasteiger partial charge in [0.25, 0.3) is 0 Å². The molecule has 4 nitrogen and oxygen atoms in total. The van der Waals surface area contributed by atoms with Gasteiger partial charge >= 0.3 is 0 Å². The monoisotopic (exact) mass is 253 g/mol. The number of nitrogens with two attached hydrogens (primary N) is 1. The normalized spacial score (nSPS) is 11.3. The Kier molecular flexibility index (Phi) is 2.71. The molecule has 96 valence electrons. The Bertz CT molecular complexity index is 726. The molecule has 2 heterocycles. The Morgan fingerprint density at radius 1 is 1.16 bits per heavy atom. The van der Waals surface area contributed by atoms with E-state index in [1.807, 2.05) is 30.3 Å². The van der Waals surface area contributed by atoms with Crippen LogP contribution in [0.4, 0.5) is 5.82 Å². The van der Waals surface area contributed by atoms with Gasteiger partial charge in [0.1, 0.15) is 0 Å². The number of anilines is 1. The summed E-state index contributed by atoms with van der Waals surface area (Å²) in [4.78, 5) is 4.36. The van der Waals surface area contributed by atoms with Crippen molar-refractivity contribution in [3.05, 3.63) is 42.1 Å². The predicted molar refractivity (Wildman–Crippen MR) is 75.7 cm³/mol. The summed E-state index contributed by atoms with van der Waals surface area (Å²) in [6.45, 7) is 4.16. The zero-order valence-corrected chi connectivity index (χ0v) is 10.9. The molecule has 0 aliphatic rings. The molecule has 3 aromatic rings. The van der Waals surface area contributed by atoms with Gasteiger partial charge in [-0.3, -0.25) is 4.98 Å². The van der Waals surface area contributed by atoms with Gasteiger partial charge in [0.05, 0.1) is 5.52 Å². The number of hydrogen-bond acceptors (Lipinski definition) is 4. The molecule has 19 heavy (non-hydrogen) atoms. The van der Waals surface area contributed by atoms with E-state index in [1.165, 1.54) is 0 Å². The van der Waals surface area contributed by atoms with Crippen LogP contribution in [0, 0.1) is 0 Å². The zero-order chi connectivity index (χ0) is 13.4. The summed E-state index contributed by atoms with van der Waals surface area (Å²) in [5.41, 5.74) is 8.78. The number of aromatic nitrogens is 2. The lowest BCUT2D eigenvalue weighted by Crippen LogP contribution is -1.95. The van der Waals surface area contributed by atoms with Crippen molar-refractivity contribution < 1.29 is 4.52 Å². The van der Waals surface area contributed by atoms with Crippen LogP contribution in [-0.4, -0.2) is 10.1 Å². The molecule has 0 unspecified atom stereocenters. The highest BCUT2D eigenvalue weighted by molar-refractivity contribution is 5.94. The molecule has 0 atom stereocenters. The average molecular weight is 253 g/mol. The quantitative estimate of drug-likeness (QED) is 0.757. The molecule has 0 fully saturated rings. The van der Waals surface area contributed by atoms with Gasteiger partial charge in [0.2, 0.25) is 0 Å². The van der Waals surface area contributed by atoms with Gasteiger partial charge in [0.15, 0.2) is 11.6 Å². The van der Waals surface area contributed by atoms with Gasteiger partial charge in [-0.15, -0.1) is 0 Å². The zero-order valence-electron chi connectivity index (χ0n) is 10.9. The highest BCUT2D eigenvalue weighted by Gasteiger charge is 2.20. The number of para-hydroxylation sites is 1. The number of fused-ring (bicyclic) bond motifs is 1. The predicted octanol–water partition coefficient (Wildman–Crippen LogP) is 3.60. The van der Waals surface area contributed by atoms with E-state index in [0.29, 0.717) is 5.82 Å². The lowest BCUT2D eigenvalue weighted by Gasteiger charge is -2.07. The van der Waals surface area contributed by atoms with Crippen molar-refractivity contribution >= 4 is 16.7 Å². The van der Waals surface area contributed by atoms with E-state index < -0.39 is 0 Å². The Morgan fingerprint density at radius 2 is 1.95 bits per heavy atom. The van der Waals surface area contributed by atoms with E-state index in [1.54, 1.807) is 6.20 Å². The van der Waals surface area contributed by atoms with Crippen molar-refractivity contribution in [3.63, 3.8) is 0 Å². The minimum Gasteiger partial charge on any atom is -0.381 e. The van der Waals surface area contributed by atoms with Crippen molar-refractivity contribution in [1.82, 2.24) is 10.1 Å². The third-order valence-electron chi connectivity index (χ3n) is 3.23. The second-order valence-corrected chi connectivity index (χ2v) is 4.84. The number of benzene rings is 1. The highest BCUT2D eigenvalue weighted by Crippen LogP contribution is 2.36. The number of hydrogen-bond donors (Lipinski definition) is 1. The molecule has 0 saturated heterocycles. The van der Waals surface area contributed by atoms with Crippen LogP contribution in [0.25, 0.3) is 22.2 Å². The molecule has 0 amide bonds. The van der Waals surface area contributed by atoms with Crippen LogP contribution in [0.1, 0.15) is 25.3 Å². The fraction of sp³-hybridized carbons (Fsp3) is 0.200. The fourth-order valence-electron chi connectivity index (χ4n) is 2.36. The van der Waals surface area contributed by atoms with Crippen LogP contribution in [0.2, 0.25) is 0 Å². The maximum atomic E-state index is 5.90. The minimum absolute atomic E-state index is 0.258. The van der Waals surface area contributed by atoms with Gasteiger partial charge in [0, 0.05) is 22.7 Å². The van der Waals surface area contributed by atoms with Crippen LogP contribution in [0.15, 0.2) is 41.1 Å². The molecule has 2 aromatic heterocycles. The Morgan fingerprint density at radius 3 is 2.74 bits per heavy atom. The topological polar surface area (TPSA) is 64.9 Å². The molecular formula is C15H15N3O. The summed E-state index contributed by atoms with van der Waals surface area (Å²) in [7, 11) is 0. The van der Waals surface area contributed by atoms with E-state index in [-0.39, 0.29) is 5.92 Å². The van der Waals surface area contributed by atoms with E-state index in [0.717, 1.165) is 27.8 Å². The van der Waals surface area contributed by atoms with Crippen LogP contribution in [0.5, 0.6) is 0 Å². The van der Waals surface area contributed by atoms with Crippen LogP contribution in [-0.2, 0) is 0 Å². The van der Waals surface area contributed by atoms with E-state index >= 15 is 0 Å². The van der Waals surface area contributed by atoms with Gasteiger partial charge in [-0.05, 0) is 18.1 Å². The van der Waals surface area contributed by atoms with E-state index in [2.05, 4.69) is 24.0 Å². The first kappa shape index (κ1) is 11.7. The maximum Gasteiger partial charge on any atom is 0.173 e. The SMILES string of the molecule is CC(C)c1c(N)noc1-c1ccnc2ccccc12. The third kappa shape index (κ3) is 1.85. The first-order valence-corrected chi connectivity index (χ1v) is 6.27. The van der Waals surface area contributed by atoms with Crippen LogP contribution in [0.3, 0.4) is 0 Å². The Balaban J connectivity index is 2.31. The molecule has 4 heteroatoms. The molecule has 0 aliphatic heterocycles. The van der Waals surface area contributed by atoms with Gasteiger partial charge in [-0.2, -0.15) is 0 Å². The summed E-state index contributed by atoms with van der Waals surface area (Å²) >= 11 is 0. The highest BCUT2D eigenvalue weighted by atomic mass is 16.5. The number of nitrogen functional groups attached to an aromatic ring is 1. The third-order valence-corrected chi connectivity index (χ3v) is 3.23. The number of nitrogens with zero attached hydrogens (tertiary/aromatic N) is 2. The molecule has 3 rings (SSSR count). The smallest absolute Gasteiger partial charge is 0.173 e. The molecule has 0 bridgehead atoms. The van der Waals surface area contributed by atoms with Crippen molar-refractivity contribution in [2.24, 2.45) is 0 Å². The van der Waals surface area contributed by atoms with Gasteiger partial charge in [-0.1, -0.05) is 37.2 Å². The first-order chi connectivity index (χ1) is 9.18. The Hall–Kier alpha value is -2.36. The molecule has 2 N–H and O–H groups in total. The van der Waals surface area contributed by atoms with Crippen molar-refractivity contribution in [1.29, 1.82) is 0 Å². The van der Waals surface area contributed by atoms with Crippen molar-refractivity contribution in [3.8, 4) is 11.3 Å². The van der Waals surface area contributed by atoms with Crippen LogP contribution < -0.4 is 5.73 Å². The molecule has 0 radical (unpaired) electrons. The molecule has 0 spiro atoms. The average Bonchev–Trinajstić information content (AvgIpc) is 2.80. The summed E-state index contributed by atoms with van der Waals surface area (Å²) in [5, 5.41) is 4.95. The second-order valence-electron chi connectivity index (χ2n) is 4.84. The second kappa shape index (κ2) is 4.39. The maximum absolute atomic E-state index is 5.90. The van der Waals surface area contributed by atoms with Crippen LogP contribution >= 0.6 is 0 Å². The Labute approximate surface area is 111 Å². The first-order valence-electron chi connectivity index (χ1n) is 6.27. The molecule has 0 aliphatic carbocycles. The summed E-state index contributed by atoms with van der Waals surface area (Å²) in [5.74, 6) is 1.46. The number of rotatable bonds is 2. The standard InChI is InChI=1S/C15H15N3O/c1-9(2)13-14(19-18-15(13)16)11-7-8-17-12-6-4-3-5-10(11)12/h3-9H,1-2H3,(H2,16,18). The summed E-state index contributed by atoms with van der Waals surface area (Å²) in [6.07, 6.45) is 1.78. The molecular weight excluding hydrogens is 238 g/mol. The fourth-order valence-corrected chi connectivity index (χ4v) is 2.36. The number of pyridine rings is 1. The lowest BCUT2D eigenvalue weighted by atomic mass is 9.97. The lowest BCUT2D eigenvalue weighted by molar-refractivity contribution is 0.435. The van der Waals surface area contributed by atoms with E-state index in [9.17, 15) is 0 Å². The van der Waals surface area contributed by atoms with E-state index in [4.69, 9.17) is 10.3 Å². The molecule has 1 aromatic carbocycles. The largest absolute Gasteiger partial charge is 0.381 e. The minimum atomic E-state index is 0.258. The molecule has 0 saturated carbocycles. The van der Waals surface area contributed by atoms with Crippen molar-refractivity contribution in [2.75, 3.05) is 5.73 Å². The summed E-state index contributed by atoms with van der Waals surface area (Å²) in [6, 6.07) is 9.90.